The molecule has 0 aliphatic heterocycles. The van der Waals surface area contributed by atoms with Crippen LogP contribution >= 0.6 is 0 Å². The molecular formula is C12H11FN2O. The van der Waals surface area contributed by atoms with E-state index >= 15 is 0 Å². The molecule has 0 aliphatic rings. The minimum Gasteiger partial charge on any atom is -0.294 e. The number of hydrogen-bond acceptors (Lipinski definition) is 2. The fraction of sp³-hybridized carbons (Fsp3) is 0.167. The Hall–Kier alpha value is -1.97. The summed E-state index contributed by atoms with van der Waals surface area (Å²) in [6.07, 6.45) is 1.62. The Morgan fingerprint density at radius 3 is 2.69 bits per heavy atom. The summed E-state index contributed by atoms with van der Waals surface area (Å²) in [5.74, 6) is -0.447. The van der Waals surface area contributed by atoms with E-state index in [-0.39, 0.29) is 11.6 Å². The van der Waals surface area contributed by atoms with E-state index in [1.165, 1.54) is 25.1 Å². The molecule has 1 heterocycles. The highest BCUT2D eigenvalue weighted by atomic mass is 19.1. The van der Waals surface area contributed by atoms with Crippen LogP contribution in [0.3, 0.4) is 0 Å². The van der Waals surface area contributed by atoms with E-state index in [4.69, 9.17) is 0 Å². The summed E-state index contributed by atoms with van der Waals surface area (Å²) < 4.78 is 14.8. The molecular weight excluding hydrogens is 207 g/mol. The Kier molecular flexibility index (Phi) is 2.56. The SMILES string of the molecule is CC(=O)c1ccc(F)cc1-c1ccnn1C. The second kappa shape index (κ2) is 3.89. The number of aromatic nitrogens is 2. The van der Waals surface area contributed by atoms with E-state index in [9.17, 15) is 9.18 Å². The lowest BCUT2D eigenvalue weighted by atomic mass is 10.0. The van der Waals surface area contributed by atoms with Gasteiger partial charge in [-0.15, -0.1) is 0 Å². The first-order valence-corrected chi connectivity index (χ1v) is 4.88. The van der Waals surface area contributed by atoms with E-state index in [1.807, 2.05) is 0 Å². The zero-order valence-corrected chi connectivity index (χ0v) is 9.07. The van der Waals surface area contributed by atoms with Crippen LogP contribution in [0, 0.1) is 5.82 Å². The van der Waals surface area contributed by atoms with E-state index in [0.29, 0.717) is 11.1 Å². The normalized spacial score (nSPS) is 10.4. The van der Waals surface area contributed by atoms with Gasteiger partial charge in [0.1, 0.15) is 5.82 Å². The smallest absolute Gasteiger partial charge is 0.160 e. The van der Waals surface area contributed by atoms with Gasteiger partial charge in [0, 0.05) is 24.4 Å². The van der Waals surface area contributed by atoms with Crippen molar-refractivity contribution in [2.75, 3.05) is 0 Å². The van der Waals surface area contributed by atoms with Gasteiger partial charge in [-0.1, -0.05) is 0 Å². The third-order valence-electron chi connectivity index (χ3n) is 2.46. The molecule has 0 spiro atoms. The second-order valence-corrected chi connectivity index (χ2v) is 3.59. The predicted molar refractivity (Wildman–Crippen MR) is 58.6 cm³/mol. The minimum absolute atomic E-state index is 0.0869. The lowest BCUT2D eigenvalue weighted by Crippen LogP contribution is -2.01. The topological polar surface area (TPSA) is 34.9 Å². The van der Waals surface area contributed by atoms with Crippen LogP contribution < -0.4 is 0 Å². The summed E-state index contributed by atoms with van der Waals surface area (Å²) in [4.78, 5) is 11.4. The maximum Gasteiger partial charge on any atom is 0.160 e. The molecule has 3 nitrogen and oxygen atoms in total. The van der Waals surface area contributed by atoms with Gasteiger partial charge in [0.2, 0.25) is 0 Å². The first-order chi connectivity index (χ1) is 7.59. The molecule has 1 aromatic heterocycles. The molecule has 0 unspecified atom stereocenters. The lowest BCUT2D eigenvalue weighted by Gasteiger charge is -2.07. The molecule has 0 atom stereocenters. The van der Waals surface area contributed by atoms with E-state index in [0.717, 1.165) is 5.69 Å². The summed E-state index contributed by atoms with van der Waals surface area (Å²) in [6, 6.07) is 5.89. The number of nitrogens with zero attached hydrogens (tertiary/aromatic N) is 2. The Balaban J connectivity index is 2.67. The van der Waals surface area contributed by atoms with Crippen LogP contribution in [-0.2, 0) is 7.05 Å². The molecule has 4 heteroatoms. The number of carbonyl (C=O) groups is 1. The maximum absolute atomic E-state index is 13.2. The number of halogens is 1. The highest BCUT2D eigenvalue weighted by Crippen LogP contribution is 2.24. The molecule has 0 radical (unpaired) electrons. The van der Waals surface area contributed by atoms with Crippen LogP contribution in [0.2, 0.25) is 0 Å². The number of aryl methyl sites for hydroxylation is 1. The first kappa shape index (κ1) is 10.5. The van der Waals surface area contributed by atoms with Crippen LogP contribution in [0.25, 0.3) is 11.3 Å². The average molecular weight is 218 g/mol. The van der Waals surface area contributed by atoms with Crippen molar-refractivity contribution in [2.45, 2.75) is 6.92 Å². The van der Waals surface area contributed by atoms with E-state index in [2.05, 4.69) is 5.10 Å². The molecule has 16 heavy (non-hydrogen) atoms. The Morgan fingerprint density at radius 1 is 1.38 bits per heavy atom. The van der Waals surface area contributed by atoms with Gasteiger partial charge in [0.25, 0.3) is 0 Å². The monoisotopic (exact) mass is 218 g/mol. The van der Waals surface area contributed by atoms with E-state index < -0.39 is 0 Å². The van der Waals surface area contributed by atoms with Crippen molar-refractivity contribution in [2.24, 2.45) is 7.05 Å². The number of benzene rings is 1. The van der Waals surface area contributed by atoms with Gasteiger partial charge in [-0.25, -0.2) is 4.39 Å². The number of ketones is 1. The average Bonchev–Trinajstić information content (AvgIpc) is 2.63. The van der Waals surface area contributed by atoms with Crippen molar-refractivity contribution < 1.29 is 9.18 Å². The van der Waals surface area contributed by atoms with Gasteiger partial charge >= 0.3 is 0 Å². The van der Waals surface area contributed by atoms with Crippen molar-refractivity contribution in [3.05, 3.63) is 41.8 Å². The molecule has 82 valence electrons. The predicted octanol–water partition coefficient (Wildman–Crippen LogP) is 2.43. The minimum atomic E-state index is -0.360. The second-order valence-electron chi connectivity index (χ2n) is 3.59. The summed E-state index contributed by atoms with van der Waals surface area (Å²) in [7, 11) is 1.75. The van der Waals surface area contributed by atoms with Gasteiger partial charge in [-0.2, -0.15) is 5.10 Å². The molecule has 0 bridgehead atoms. The zero-order valence-electron chi connectivity index (χ0n) is 9.07. The summed E-state index contributed by atoms with van der Waals surface area (Å²) in [5.41, 5.74) is 1.81. The van der Waals surface area contributed by atoms with Gasteiger partial charge in [-0.05, 0) is 31.2 Å². The molecule has 0 N–H and O–H groups in total. The van der Waals surface area contributed by atoms with Crippen LogP contribution in [-0.4, -0.2) is 15.6 Å². The molecule has 0 saturated carbocycles. The lowest BCUT2D eigenvalue weighted by molar-refractivity contribution is 0.101. The van der Waals surface area contributed by atoms with Gasteiger partial charge in [-0.3, -0.25) is 9.48 Å². The Labute approximate surface area is 92.5 Å². The fourth-order valence-electron chi connectivity index (χ4n) is 1.67. The quantitative estimate of drug-likeness (QED) is 0.725. The molecule has 2 aromatic rings. The zero-order chi connectivity index (χ0) is 11.7. The molecule has 2 rings (SSSR count). The molecule has 0 fully saturated rings. The van der Waals surface area contributed by atoms with Crippen LogP contribution in [0.1, 0.15) is 17.3 Å². The maximum atomic E-state index is 13.2. The summed E-state index contributed by atoms with van der Waals surface area (Å²) in [5, 5.41) is 4.01. The first-order valence-electron chi connectivity index (χ1n) is 4.88. The third-order valence-corrected chi connectivity index (χ3v) is 2.46. The van der Waals surface area contributed by atoms with Crippen LogP contribution in [0.4, 0.5) is 4.39 Å². The van der Waals surface area contributed by atoms with Crippen molar-refractivity contribution in [3.8, 4) is 11.3 Å². The van der Waals surface area contributed by atoms with Crippen molar-refractivity contribution in [1.29, 1.82) is 0 Å². The Bertz CT molecular complexity index is 546. The Morgan fingerprint density at radius 2 is 2.12 bits per heavy atom. The van der Waals surface area contributed by atoms with Crippen LogP contribution in [0.5, 0.6) is 0 Å². The van der Waals surface area contributed by atoms with Gasteiger partial charge in [0.15, 0.2) is 5.78 Å². The molecule has 0 aliphatic carbocycles. The summed E-state index contributed by atoms with van der Waals surface area (Å²) in [6.45, 7) is 1.47. The van der Waals surface area contributed by atoms with Gasteiger partial charge in [0.05, 0.1) is 5.69 Å². The molecule has 0 saturated heterocycles. The third kappa shape index (κ3) is 1.74. The van der Waals surface area contributed by atoms with Gasteiger partial charge < -0.3 is 0 Å². The molecule has 1 aromatic carbocycles. The molecule has 0 amide bonds. The summed E-state index contributed by atoms with van der Waals surface area (Å²) >= 11 is 0. The van der Waals surface area contributed by atoms with Crippen molar-refractivity contribution in [1.82, 2.24) is 9.78 Å². The van der Waals surface area contributed by atoms with E-state index in [1.54, 1.807) is 24.0 Å². The largest absolute Gasteiger partial charge is 0.294 e. The number of rotatable bonds is 2. The van der Waals surface area contributed by atoms with Crippen LogP contribution in [0.15, 0.2) is 30.5 Å². The number of Topliss-reactive ketones (excluding diaryl/α,β-unsaturated/α-hetero) is 1. The highest BCUT2D eigenvalue weighted by molar-refractivity contribution is 6.00. The standard InChI is InChI=1S/C12H11FN2O/c1-8(16)10-4-3-9(13)7-11(10)12-5-6-14-15(12)2/h3-7H,1-2H3. The number of hydrogen-bond donors (Lipinski definition) is 0. The number of carbonyl (C=O) groups excluding carboxylic acids is 1. The highest BCUT2D eigenvalue weighted by Gasteiger charge is 2.12. The van der Waals surface area contributed by atoms with Crippen molar-refractivity contribution >= 4 is 5.78 Å². The van der Waals surface area contributed by atoms with Crippen molar-refractivity contribution in [3.63, 3.8) is 0 Å². The fourth-order valence-corrected chi connectivity index (χ4v) is 1.67.